The highest BCUT2D eigenvalue weighted by molar-refractivity contribution is 6.32. The molecule has 1 aliphatic rings. The van der Waals surface area contributed by atoms with Gasteiger partial charge in [-0.05, 0) is 67.2 Å². The van der Waals surface area contributed by atoms with E-state index >= 15 is 0 Å². The van der Waals surface area contributed by atoms with Crippen molar-refractivity contribution in [3.05, 3.63) is 40.2 Å². The average Bonchev–Trinajstić information content (AvgIpc) is 2.53. The van der Waals surface area contributed by atoms with E-state index in [1.807, 2.05) is 0 Å². The number of rotatable bonds is 5. The Morgan fingerprint density at radius 3 is 2.36 bits per heavy atom. The van der Waals surface area contributed by atoms with Gasteiger partial charge < -0.3 is 0 Å². The molecule has 1 aliphatic carbocycles. The van der Waals surface area contributed by atoms with E-state index in [0.29, 0.717) is 17.9 Å². The fourth-order valence-corrected chi connectivity index (χ4v) is 4.17. The highest BCUT2D eigenvalue weighted by Crippen LogP contribution is 2.41. The van der Waals surface area contributed by atoms with E-state index in [1.54, 1.807) is 6.07 Å². The van der Waals surface area contributed by atoms with Crippen LogP contribution in [0, 0.1) is 17.7 Å². The summed E-state index contributed by atoms with van der Waals surface area (Å²) < 4.78 is 51.1. The van der Waals surface area contributed by atoms with Gasteiger partial charge in [-0.2, -0.15) is 13.2 Å². The first-order chi connectivity index (χ1) is 11.7. The van der Waals surface area contributed by atoms with Crippen LogP contribution in [0.5, 0.6) is 0 Å². The number of alkyl halides is 3. The molecule has 0 aliphatic heterocycles. The fourth-order valence-electron chi connectivity index (χ4n) is 3.89. The zero-order valence-corrected chi connectivity index (χ0v) is 15.4. The van der Waals surface area contributed by atoms with Crippen LogP contribution in [0.3, 0.4) is 0 Å². The van der Waals surface area contributed by atoms with Crippen molar-refractivity contribution in [1.82, 2.24) is 0 Å². The first-order valence-electron chi connectivity index (χ1n) is 8.96. The van der Waals surface area contributed by atoms with Crippen LogP contribution in [-0.4, -0.2) is 6.18 Å². The van der Waals surface area contributed by atoms with Gasteiger partial charge in [-0.25, -0.2) is 4.39 Å². The average molecular weight is 377 g/mol. The van der Waals surface area contributed by atoms with Gasteiger partial charge in [-0.1, -0.05) is 38.3 Å². The molecule has 1 fully saturated rings. The van der Waals surface area contributed by atoms with Gasteiger partial charge >= 0.3 is 6.18 Å². The molecule has 0 bridgehead atoms. The zero-order chi connectivity index (χ0) is 18.6. The van der Waals surface area contributed by atoms with Crippen molar-refractivity contribution >= 4 is 17.7 Å². The molecule has 1 atom stereocenters. The van der Waals surface area contributed by atoms with Crippen molar-refractivity contribution in [2.45, 2.75) is 64.5 Å². The maximum Gasteiger partial charge on any atom is 0.409 e. The molecule has 1 aromatic carbocycles. The number of allylic oxidation sites excluding steroid dienone is 1. The minimum atomic E-state index is -4.48. The molecule has 0 N–H and O–H groups in total. The third-order valence-corrected chi connectivity index (χ3v) is 5.65. The molecule has 0 radical (unpaired) electrons. The van der Waals surface area contributed by atoms with Crippen molar-refractivity contribution in [3.63, 3.8) is 0 Å². The number of benzene rings is 1. The van der Waals surface area contributed by atoms with Crippen LogP contribution in [-0.2, 0) is 0 Å². The molecule has 0 spiro atoms. The molecule has 0 heterocycles. The molecule has 0 saturated heterocycles. The van der Waals surface area contributed by atoms with Gasteiger partial charge in [0.05, 0.1) is 5.02 Å². The summed E-state index contributed by atoms with van der Waals surface area (Å²) in [6.45, 7) is 4.49. The SMILES string of the molecule is CCCC(C)C1CCC(c2cc(F)c(/C=C/C(F)(F)F)c(Cl)c2)CC1. The Labute approximate surface area is 152 Å². The second-order valence-electron chi connectivity index (χ2n) is 7.15. The van der Waals surface area contributed by atoms with Gasteiger partial charge in [-0.3, -0.25) is 0 Å². The summed E-state index contributed by atoms with van der Waals surface area (Å²) in [4.78, 5) is 0. The van der Waals surface area contributed by atoms with E-state index in [0.717, 1.165) is 31.2 Å². The molecule has 0 aromatic heterocycles. The summed E-state index contributed by atoms with van der Waals surface area (Å²) in [5, 5.41) is 0.0389. The van der Waals surface area contributed by atoms with Crippen molar-refractivity contribution < 1.29 is 17.6 Å². The maximum absolute atomic E-state index is 14.2. The molecule has 0 nitrogen and oxygen atoms in total. The van der Waals surface area contributed by atoms with Crippen LogP contribution in [0.25, 0.3) is 6.08 Å². The predicted octanol–water partition coefficient (Wildman–Crippen LogP) is 7.76. The minimum Gasteiger partial charge on any atom is -0.206 e. The van der Waals surface area contributed by atoms with Crippen LogP contribution in [0.1, 0.15) is 69.4 Å². The summed E-state index contributed by atoms with van der Waals surface area (Å²) in [5.74, 6) is 0.967. The Hall–Kier alpha value is -1.03. The van der Waals surface area contributed by atoms with E-state index in [-0.39, 0.29) is 22.6 Å². The highest BCUT2D eigenvalue weighted by atomic mass is 35.5. The van der Waals surface area contributed by atoms with Gasteiger partial charge in [0, 0.05) is 11.6 Å². The van der Waals surface area contributed by atoms with Crippen LogP contribution in [0.15, 0.2) is 18.2 Å². The van der Waals surface area contributed by atoms with Crippen LogP contribution in [0.2, 0.25) is 5.02 Å². The normalized spacial score (nSPS) is 23.2. The van der Waals surface area contributed by atoms with Crippen LogP contribution >= 0.6 is 11.6 Å². The Morgan fingerprint density at radius 2 is 1.84 bits per heavy atom. The van der Waals surface area contributed by atoms with Crippen molar-refractivity contribution in [2.75, 3.05) is 0 Å². The van der Waals surface area contributed by atoms with Gasteiger partial charge in [0.25, 0.3) is 0 Å². The third-order valence-electron chi connectivity index (χ3n) is 5.33. The van der Waals surface area contributed by atoms with Crippen LogP contribution < -0.4 is 0 Å². The largest absolute Gasteiger partial charge is 0.409 e. The van der Waals surface area contributed by atoms with Gasteiger partial charge in [-0.15, -0.1) is 0 Å². The molecule has 140 valence electrons. The molecule has 25 heavy (non-hydrogen) atoms. The Balaban J connectivity index is 2.08. The summed E-state index contributed by atoms with van der Waals surface area (Å²) >= 11 is 6.04. The van der Waals surface area contributed by atoms with Gasteiger partial charge in [0.15, 0.2) is 0 Å². The number of hydrogen-bond donors (Lipinski definition) is 0. The molecular formula is C20H25ClF4. The lowest BCUT2D eigenvalue weighted by molar-refractivity contribution is -0.0790. The highest BCUT2D eigenvalue weighted by Gasteiger charge is 2.27. The quantitative estimate of drug-likeness (QED) is 0.460. The topological polar surface area (TPSA) is 0 Å². The van der Waals surface area contributed by atoms with Crippen LogP contribution in [0.4, 0.5) is 17.6 Å². The molecule has 1 saturated carbocycles. The second kappa shape index (κ2) is 8.57. The van der Waals surface area contributed by atoms with E-state index in [2.05, 4.69) is 13.8 Å². The standard InChI is InChI=1S/C20H25ClF4/c1-3-4-13(2)14-5-7-15(8-6-14)16-11-18(21)17(19(22)12-16)9-10-20(23,24)25/h9-15H,3-8H2,1-2H3/b10-9+. The lowest BCUT2D eigenvalue weighted by Gasteiger charge is -2.32. The second-order valence-corrected chi connectivity index (χ2v) is 7.56. The Morgan fingerprint density at radius 1 is 1.20 bits per heavy atom. The van der Waals surface area contributed by atoms with Gasteiger partial charge in [0.2, 0.25) is 0 Å². The lowest BCUT2D eigenvalue weighted by Crippen LogP contribution is -2.19. The first-order valence-corrected chi connectivity index (χ1v) is 9.34. The van der Waals surface area contributed by atoms with E-state index in [1.165, 1.54) is 18.9 Å². The maximum atomic E-state index is 14.2. The molecular weight excluding hydrogens is 352 g/mol. The molecule has 5 heteroatoms. The monoisotopic (exact) mass is 376 g/mol. The van der Waals surface area contributed by atoms with Crippen molar-refractivity contribution in [3.8, 4) is 0 Å². The summed E-state index contributed by atoms with van der Waals surface area (Å²) in [6.07, 6.45) is 2.83. The molecule has 2 rings (SSSR count). The summed E-state index contributed by atoms with van der Waals surface area (Å²) in [7, 11) is 0. The predicted molar refractivity (Wildman–Crippen MR) is 95.3 cm³/mol. The number of hydrogen-bond acceptors (Lipinski definition) is 0. The third kappa shape index (κ3) is 5.73. The molecule has 1 aromatic rings. The Kier molecular flexibility index (Phi) is 6.95. The lowest BCUT2D eigenvalue weighted by atomic mass is 9.73. The fraction of sp³-hybridized carbons (Fsp3) is 0.600. The number of halogens is 5. The molecule has 0 amide bonds. The smallest absolute Gasteiger partial charge is 0.206 e. The van der Waals surface area contributed by atoms with Crippen molar-refractivity contribution in [1.29, 1.82) is 0 Å². The van der Waals surface area contributed by atoms with E-state index in [4.69, 9.17) is 11.6 Å². The van der Waals surface area contributed by atoms with Crippen molar-refractivity contribution in [2.24, 2.45) is 11.8 Å². The molecule has 1 unspecified atom stereocenters. The minimum absolute atomic E-state index is 0.0112. The summed E-state index contributed by atoms with van der Waals surface area (Å²) in [5.41, 5.74) is 0.598. The Bertz CT molecular complexity index is 575. The van der Waals surface area contributed by atoms with Gasteiger partial charge in [0.1, 0.15) is 5.82 Å². The summed E-state index contributed by atoms with van der Waals surface area (Å²) in [6, 6.07) is 2.98. The first kappa shape index (κ1) is 20.3. The zero-order valence-electron chi connectivity index (χ0n) is 14.7. The van der Waals surface area contributed by atoms with E-state index in [9.17, 15) is 17.6 Å². The van der Waals surface area contributed by atoms with E-state index < -0.39 is 12.0 Å².